The maximum Gasteiger partial charge on any atom is 0.0991 e. The van der Waals surface area contributed by atoms with Crippen LogP contribution in [-0.2, 0) is 0 Å². The number of benzene rings is 1. The number of anilines is 1. The van der Waals surface area contributed by atoms with Crippen LogP contribution < -0.4 is 4.90 Å². The fourth-order valence-corrected chi connectivity index (χ4v) is 1.89. The smallest absolute Gasteiger partial charge is 0.0991 e. The molecule has 2 rings (SSSR count). The molecule has 0 unspecified atom stereocenters. The highest BCUT2D eigenvalue weighted by Gasteiger charge is 2.28. The molecule has 1 heterocycles. The van der Waals surface area contributed by atoms with E-state index in [0.29, 0.717) is 0 Å². The first kappa shape index (κ1) is 10.0. The van der Waals surface area contributed by atoms with Crippen molar-refractivity contribution in [2.24, 2.45) is 11.8 Å². The average molecular weight is 200 g/mol. The lowest BCUT2D eigenvalue weighted by molar-refractivity contribution is 0.310. The summed E-state index contributed by atoms with van der Waals surface area (Å²) in [5.74, 6) is 1.61. The van der Waals surface area contributed by atoms with E-state index in [9.17, 15) is 0 Å². The summed E-state index contributed by atoms with van der Waals surface area (Å²) < 4.78 is 0. The molecule has 0 radical (unpaired) electrons. The van der Waals surface area contributed by atoms with Gasteiger partial charge < -0.3 is 4.90 Å². The molecule has 0 aliphatic carbocycles. The second kappa shape index (κ2) is 3.94. The van der Waals surface area contributed by atoms with E-state index in [1.165, 1.54) is 5.69 Å². The molecule has 1 aromatic rings. The monoisotopic (exact) mass is 200 g/mol. The van der Waals surface area contributed by atoms with Crippen molar-refractivity contribution in [1.82, 2.24) is 0 Å². The van der Waals surface area contributed by atoms with Gasteiger partial charge in [-0.3, -0.25) is 0 Å². The third-order valence-electron chi connectivity index (χ3n) is 3.21. The van der Waals surface area contributed by atoms with Crippen molar-refractivity contribution < 1.29 is 0 Å². The van der Waals surface area contributed by atoms with Crippen LogP contribution in [0.2, 0.25) is 0 Å². The molecule has 0 saturated carbocycles. The lowest BCUT2D eigenvalue weighted by atomic mass is 9.88. The molecule has 0 bridgehead atoms. The molecular weight excluding hydrogens is 184 g/mol. The number of hydrogen-bond acceptors (Lipinski definition) is 2. The molecule has 78 valence electrons. The Morgan fingerprint density at radius 2 is 1.87 bits per heavy atom. The molecule has 1 aliphatic heterocycles. The van der Waals surface area contributed by atoms with Crippen molar-refractivity contribution in [2.45, 2.75) is 13.8 Å². The summed E-state index contributed by atoms with van der Waals surface area (Å²) in [5, 5.41) is 8.69. The molecule has 1 saturated heterocycles. The summed E-state index contributed by atoms with van der Waals surface area (Å²) >= 11 is 0. The number of hydrogen-bond donors (Lipinski definition) is 0. The van der Waals surface area contributed by atoms with E-state index < -0.39 is 0 Å². The van der Waals surface area contributed by atoms with E-state index >= 15 is 0 Å². The number of nitrogens with zero attached hydrogens (tertiary/aromatic N) is 2. The van der Waals surface area contributed by atoms with Gasteiger partial charge >= 0.3 is 0 Å². The van der Waals surface area contributed by atoms with Gasteiger partial charge in [0, 0.05) is 18.8 Å². The Kier molecular flexibility index (Phi) is 2.64. The van der Waals surface area contributed by atoms with Crippen LogP contribution in [0.15, 0.2) is 24.3 Å². The second-order valence-electron chi connectivity index (χ2n) is 4.57. The summed E-state index contributed by atoms with van der Waals surface area (Å²) in [5.41, 5.74) is 1.98. The van der Waals surface area contributed by atoms with Crippen LogP contribution in [0.3, 0.4) is 0 Å². The predicted molar refractivity (Wildman–Crippen MR) is 61.7 cm³/mol. The number of nitriles is 1. The minimum Gasteiger partial charge on any atom is -0.371 e. The molecule has 0 spiro atoms. The Bertz CT molecular complexity index is 367. The van der Waals surface area contributed by atoms with Crippen LogP contribution in [0.25, 0.3) is 0 Å². The zero-order valence-corrected chi connectivity index (χ0v) is 9.27. The van der Waals surface area contributed by atoms with Gasteiger partial charge in [0.2, 0.25) is 0 Å². The molecule has 1 aliphatic rings. The van der Waals surface area contributed by atoms with Crippen molar-refractivity contribution in [3.05, 3.63) is 29.8 Å². The van der Waals surface area contributed by atoms with Crippen molar-refractivity contribution in [1.29, 1.82) is 5.26 Å². The maximum atomic E-state index is 8.69. The highest BCUT2D eigenvalue weighted by Crippen LogP contribution is 2.28. The van der Waals surface area contributed by atoms with Gasteiger partial charge in [-0.15, -0.1) is 0 Å². The highest BCUT2D eigenvalue weighted by atomic mass is 15.2. The SMILES string of the molecule is CC(C)C1CN(c2ccc(C#N)cc2)C1. The van der Waals surface area contributed by atoms with Gasteiger partial charge in [0.25, 0.3) is 0 Å². The van der Waals surface area contributed by atoms with Gasteiger partial charge in [-0.05, 0) is 36.1 Å². The fourth-order valence-electron chi connectivity index (χ4n) is 1.89. The maximum absolute atomic E-state index is 8.69. The van der Waals surface area contributed by atoms with E-state index in [1.54, 1.807) is 0 Å². The van der Waals surface area contributed by atoms with Crippen LogP contribution in [0.1, 0.15) is 19.4 Å². The topological polar surface area (TPSA) is 27.0 Å². The first-order valence-corrected chi connectivity index (χ1v) is 5.46. The molecule has 1 fully saturated rings. The van der Waals surface area contributed by atoms with E-state index in [0.717, 1.165) is 30.5 Å². The van der Waals surface area contributed by atoms with Crippen molar-refractivity contribution >= 4 is 5.69 Å². The summed E-state index contributed by atoms with van der Waals surface area (Å²) in [6.07, 6.45) is 0. The van der Waals surface area contributed by atoms with Gasteiger partial charge in [0.15, 0.2) is 0 Å². The fraction of sp³-hybridized carbons (Fsp3) is 0.462. The van der Waals surface area contributed by atoms with Crippen LogP contribution >= 0.6 is 0 Å². The molecule has 2 heteroatoms. The van der Waals surface area contributed by atoms with Crippen LogP contribution in [0.4, 0.5) is 5.69 Å². The Labute approximate surface area is 91.1 Å². The first-order chi connectivity index (χ1) is 7.20. The Hall–Kier alpha value is -1.49. The Morgan fingerprint density at radius 3 is 2.33 bits per heavy atom. The third kappa shape index (κ3) is 1.97. The normalized spacial score (nSPS) is 16.3. The molecule has 0 amide bonds. The minimum atomic E-state index is 0.736. The van der Waals surface area contributed by atoms with Gasteiger partial charge in [-0.1, -0.05) is 13.8 Å². The van der Waals surface area contributed by atoms with Gasteiger partial charge in [-0.25, -0.2) is 0 Å². The zero-order chi connectivity index (χ0) is 10.8. The van der Waals surface area contributed by atoms with Gasteiger partial charge in [-0.2, -0.15) is 5.26 Å². The summed E-state index contributed by atoms with van der Waals surface area (Å²) in [4.78, 5) is 2.37. The van der Waals surface area contributed by atoms with Gasteiger partial charge in [0.05, 0.1) is 11.6 Å². The molecule has 0 N–H and O–H groups in total. The van der Waals surface area contributed by atoms with E-state index in [4.69, 9.17) is 5.26 Å². The predicted octanol–water partition coefficient (Wildman–Crippen LogP) is 2.65. The summed E-state index contributed by atoms with van der Waals surface area (Å²) in [6, 6.07) is 9.99. The minimum absolute atomic E-state index is 0.736. The highest BCUT2D eigenvalue weighted by molar-refractivity contribution is 5.51. The first-order valence-electron chi connectivity index (χ1n) is 5.46. The zero-order valence-electron chi connectivity index (χ0n) is 9.27. The van der Waals surface area contributed by atoms with Crippen molar-refractivity contribution in [3.8, 4) is 6.07 Å². The van der Waals surface area contributed by atoms with Crippen molar-refractivity contribution in [2.75, 3.05) is 18.0 Å². The third-order valence-corrected chi connectivity index (χ3v) is 3.21. The molecule has 15 heavy (non-hydrogen) atoms. The Balaban J connectivity index is 1.99. The van der Waals surface area contributed by atoms with E-state index in [1.807, 2.05) is 24.3 Å². The number of rotatable bonds is 2. The summed E-state index contributed by atoms with van der Waals surface area (Å²) in [6.45, 7) is 6.87. The summed E-state index contributed by atoms with van der Waals surface area (Å²) in [7, 11) is 0. The largest absolute Gasteiger partial charge is 0.371 e. The van der Waals surface area contributed by atoms with E-state index in [-0.39, 0.29) is 0 Å². The molecule has 0 atom stereocenters. The van der Waals surface area contributed by atoms with E-state index in [2.05, 4.69) is 24.8 Å². The van der Waals surface area contributed by atoms with Gasteiger partial charge in [0.1, 0.15) is 0 Å². The van der Waals surface area contributed by atoms with Crippen molar-refractivity contribution in [3.63, 3.8) is 0 Å². The van der Waals surface area contributed by atoms with Crippen LogP contribution in [0, 0.1) is 23.2 Å². The molecule has 1 aromatic carbocycles. The molecule has 2 nitrogen and oxygen atoms in total. The molecule has 0 aromatic heterocycles. The van der Waals surface area contributed by atoms with Crippen LogP contribution in [0.5, 0.6) is 0 Å². The quantitative estimate of drug-likeness (QED) is 0.733. The van der Waals surface area contributed by atoms with Crippen LogP contribution in [-0.4, -0.2) is 13.1 Å². The average Bonchev–Trinajstić information content (AvgIpc) is 2.16. The second-order valence-corrected chi connectivity index (χ2v) is 4.57. The Morgan fingerprint density at radius 1 is 1.27 bits per heavy atom. The lowest BCUT2D eigenvalue weighted by Gasteiger charge is -2.43. The molecular formula is C13H16N2. The standard InChI is InChI=1S/C13H16N2/c1-10(2)12-8-15(9-12)13-5-3-11(7-14)4-6-13/h3-6,10,12H,8-9H2,1-2H3. The lowest BCUT2D eigenvalue weighted by Crippen LogP contribution is -2.49.